The van der Waals surface area contributed by atoms with Gasteiger partial charge in [0.25, 0.3) is 0 Å². The van der Waals surface area contributed by atoms with Crippen LogP contribution in [0.5, 0.6) is 11.5 Å². The molecule has 16 heavy (non-hydrogen) atoms. The van der Waals surface area contributed by atoms with Crippen molar-refractivity contribution in [2.45, 2.75) is 13.0 Å². The third-order valence-electron chi connectivity index (χ3n) is 2.85. The first-order valence-electron chi connectivity index (χ1n) is 5.43. The van der Waals surface area contributed by atoms with Gasteiger partial charge in [-0.2, -0.15) is 0 Å². The van der Waals surface area contributed by atoms with Crippen molar-refractivity contribution in [3.8, 4) is 11.5 Å². The number of phenolic OH excluding ortho intramolecular Hbond substituents is 1. The van der Waals surface area contributed by atoms with Gasteiger partial charge in [0, 0.05) is 18.7 Å². The molecule has 2 N–H and O–H groups in total. The molecule has 1 saturated heterocycles. The van der Waals surface area contributed by atoms with Crippen LogP contribution in [0.25, 0.3) is 0 Å². The number of aryl methyl sites for hydroxylation is 1. The second-order valence-corrected chi connectivity index (χ2v) is 3.91. The Kier molecular flexibility index (Phi) is 3.31. The summed E-state index contributed by atoms with van der Waals surface area (Å²) in [4.78, 5) is 0. The van der Waals surface area contributed by atoms with Crippen LogP contribution in [0.4, 0.5) is 0 Å². The third-order valence-corrected chi connectivity index (χ3v) is 2.85. The number of morpholine rings is 1. The number of ether oxygens (including phenoxy) is 2. The topological polar surface area (TPSA) is 50.7 Å². The van der Waals surface area contributed by atoms with Crippen molar-refractivity contribution in [2.75, 3.05) is 26.8 Å². The number of phenols is 1. The highest BCUT2D eigenvalue weighted by Crippen LogP contribution is 2.37. The largest absolute Gasteiger partial charge is 0.504 e. The molecule has 1 aromatic carbocycles. The van der Waals surface area contributed by atoms with Crippen LogP contribution < -0.4 is 10.1 Å². The standard InChI is InChI=1S/C12H17NO3/c1-8-3-4-9(14)12(15-2)11(8)10-7-13-5-6-16-10/h3-4,10,13-14H,5-7H2,1-2H3. The average Bonchev–Trinajstić information content (AvgIpc) is 2.33. The van der Waals surface area contributed by atoms with Gasteiger partial charge in [-0.25, -0.2) is 0 Å². The van der Waals surface area contributed by atoms with E-state index in [1.54, 1.807) is 13.2 Å². The molecule has 4 heteroatoms. The summed E-state index contributed by atoms with van der Waals surface area (Å²) in [6.07, 6.45) is -0.0456. The van der Waals surface area contributed by atoms with Crippen molar-refractivity contribution in [1.82, 2.24) is 5.32 Å². The molecule has 1 aliphatic heterocycles. The minimum absolute atomic E-state index is 0.0456. The zero-order valence-corrected chi connectivity index (χ0v) is 9.62. The lowest BCUT2D eigenvalue weighted by Crippen LogP contribution is -2.33. The predicted molar refractivity (Wildman–Crippen MR) is 61.0 cm³/mol. The molecule has 4 nitrogen and oxygen atoms in total. The summed E-state index contributed by atoms with van der Waals surface area (Å²) >= 11 is 0. The highest BCUT2D eigenvalue weighted by Gasteiger charge is 2.23. The highest BCUT2D eigenvalue weighted by molar-refractivity contribution is 5.51. The van der Waals surface area contributed by atoms with Gasteiger partial charge in [0.05, 0.1) is 19.8 Å². The van der Waals surface area contributed by atoms with Crippen molar-refractivity contribution >= 4 is 0 Å². The second kappa shape index (κ2) is 4.72. The molecule has 0 radical (unpaired) electrons. The molecule has 0 bridgehead atoms. The van der Waals surface area contributed by atoms with Crippen LogP contribution in [-0.2, 0) is 4.74 Å². The Bertz CT molecular complexity index is 373. The van der Waals surface area contributed by atoms with Gasteiger partial charge in [0.2, 0.25) is 0 Å². The fourth-order valence-electron chi connectivity index (χ4n) is 2.05. The molecule has 1 aromatic rings. The molecule has 0 spiro atoms. The Balaban J connectivity index is 2.40. The number of hydrogen-bond acceptors (Lipinski definition) is 4. The Labute approximate surface area is 95.2 Å². The molecular formula is C12H17NO3. The van der Waals surface area contributed by atoms with Gasteiger partial charge in [-0.1, -0.05) is 6.07 Å². The lowest BCUT2D eigenvalue weighted by Gasteiger charge is -2.27. The number of methoxy groups -OCH3 is 1. The van der Waals surface area contributed by atoms with Crippen LogP contribution in [0.3, 0.4) is 0 Å². The normalized spacial score (nSPS) is 20.8. The zero-order chi connectivity index (χ0) is 11.5. The lowest BCUT2D eigenvalue weighted by molar-refractivity contribution is 0.0256. The fraction of sp³-hybridized carbons (Fsp3) is 0.500. The first-order valence-corrected chi connectivity index (χ1v) is 5.43. The second-order valence-electron chi connectivity index (χ2n) is 3.91. The summed E-state index contributed by atoms with van der Waals surface area (Å²) in [6.45, 7) is 4.30. The van der Waals surface area contributed by atoms with E-state index in [1.165, 1.54) is 0 Å². The summed E-state index contributed by atoms with van der Waals surface area (Å²) in [5.41, 5.74) is 2.01. The maximum absolute atomic E-state index is 9.75. The van der Waals surface area contributed by atoms with E-state index >= 15 is 0 Å². The molecule has 1 atom stereocenters. The average molecular weight is 223 g/mol. The van der Waals surface area contributed by atoms with E-state index in [9.17, 15) is 5.11 Å². The van der Waals surface area contributed by atoms with Gasteiger partial charge in [-0.3, -0.25) is 0 Å². The molecule has 0 aliphatic carbocycles. The minimum atomic E-state index is -0.0456. The van der Waals surface area contributed by atoms with Gasteiger partial charge in [0.1, 0.15) is 0 Å². The first kappa shape index (κ1) is 11.2. The molecule has 1 fully saturated rings. The summed E-state index contributed by atoms with van der Waals surface area (Å²) in [5.74, 6) is 0.686. The Morgan fingerprint density at radius 3 is 2.94 bits per heavy atom. The maximum atomic E-state index is 9.75. The molecule has 88 valence electrons. The van der Waals surface area contributed by atoms with Crippen molar-refractivity contribution in [1.29, 1.82) is 0 Å². The van der Waals surface area contributed by atoms with E-state index in [4.69, 9.17) is 9.47 Å². The van der Waals surface area contributed by atoms with Gasteiger partial charge in [-0.05, 0) is 18.6 Å². The van der Waals surface area contributed by atoms with E-state index in [2.05, 4.69) is 5.32 Å². The van der Waals surface area contributed by atoms with Crippen molar-refractivity contribution in [3.63, 3.8) is 0 Å². The van der Waals surface area contributed by atoms with Crippen LogP contribution >= 0.6 is 0 Å². The Morgan fingerprint density at radius 2 is 2.31 bits per heavy atom. The zero-order valence-electron chi connectivity index (χ0n) is 9.62. The molecule has 0 saturated carbocycles. The Morgan fingerprint density at radius 1 is 1.50 bits per heavy atom. The minimum Gasteiger partial charge on any atom is -0.504 e. The van der Waals surface area contributed by atoms with Crippen LogP contribution in [0.1, 0.15) is 17.2 Å². The van der Waals surface area contributed by atoms with Gasteiger partial charge in [0.15, 0.2) is 11.5 Å². The van der Waals surface area contributed by atoms with Crippen LogP contribution in [-0.4, -0.2) is 31.9 Å². The molecule has 1 heterocycles. The molecular weight excluding hydrogens is 206 g/mol. The number of nitrogens with one attached hydrogen (secondary N) is 1. The van der Waals surface area contributed by atoms with Gasteiger partial charge in [-0.15, -0.1) is 0 Å². The Hall–Kier alpha value is -1.26. The van der Waals surface area contributed by atoms with Crippen LogP contribution in [0, 0.1) is 6.92 Å². The first-order chi connectivity index (χ1) is 7.74. The van der Waals surface area contributed by atoms with E-state index in [0.717, 1.165) is 24.2 Å². The lowest BCUT2D eigenvalue weighted by atomic mass is 10.0. The quantitative estimate of drug-likeness (QED) is 0.795. The number of benzene rings is 1. The van der Waals surface area contributed by atoms with Crippen LogP contribution in [0.15, 0.2) is 12.1 Å². The number of aromatic hydroxyl groups is 1. The van der Waals surface area contributed by atoms with Gasteiger partial charge >= 0.3 is 0 Å². The van der Waals surface area contributed by atoms with E-state index < -0.39 is 0 Å². The molecule has 1 aliphatic rings. The van der Waals surface area contributed by atoms with Crippen molar-refractivity contribution in [3.05, 3.63) is 23.3 Å². The number of hydrogen-bond donors (Lipinski definition) is 2. The molecule has 0 amide bonds. The SMILES string of the molecule is COc1c(O)ccc(C)c1C1CNCCO1. The summed E-state index contributed by atoms with van der Waals surface area (Å²) in [6, 6.07) is 3.53. The van der Waals surface area contributed by atoms with Gasteiger partial charge < -0.3 is 19.9 Å². The predicted octanol–water partition coefficient (Wildman–Crippen LogP) is 1.37. The van der Waals surface area contributed by atoms with Crippen LogP contribution in [0.2, 0.25) is 0 Å². The van der Waals surface area contributed by atoms with E-state index in [-0.39, 0.29) is 11.9 Å². The molecule has 1 unspecified atom stereocenters. The monoisotopic (exact) mass is 223 g/mol. The molecule has 2 rings (SSSR count). The van der Waals surface area contributed by atoms with Crippen molar-refractivity contribution < 1.29 is 14.6 Å². The third kappa shape index (κ3) is 1.99. The summed E-state index contributed by atoms with van der Waals surface area (Å²) < 4.78 is 10.9. The summed E-state index contributed by atoms with van der Waals surface area (Å²) in [7, 11) is 1.56. The smallest absolute Gasteiger partial charge is 0.166 e. The van der Waals surface area contributed by atoms with E-state index in [1.807, 2.05) is 13.0 Å². The number of rotatable bonds is 2. The van der Waals surface area contributed by atoms with E-state index in [0.29, 0.717) is 12.4 Å². The molecule has 0 aromatic heterocycles. The fourth-order valence-corrected chi connectivity index (χ4v) is 2.05. The highest BCUT2D eigenvalue weighted by atomic mass is 16.5. The maximum Gasteiger partial charge on any atom is 0.166 e. The van der Waals surface area contributed by atoms with Crippen molar-refractivity contribution in [2.24, 2.45) is 0 Å². The summed E-state index contributed by atoms with van der Waals surface area (Å²) in [5, 5.41) is 13.0.